The van der Waals surface area contributed by atoms with Crippen molar-refractivity contribution in [2.45, 2.75) is 4.90 Å². The Balaban J connectivity index is 2.41. The molecule has 2 rings (SSSR count). The molecule has 0 bridgehead atoms. The van der Waals surface area contributed by atoms with Crippen LogP contribution < -0.4 is 4.72 Å². The maximum absolute atomic E-state index is 13.4. The van der Waals surface area contributed by atoms with Crippen LogP contribution in [-0.4, -0.2) is 8.42 Å². The van der Waals surface area contributed by atoms with Gasteiger partial charge in [0.25, 0.3) is 10.0 Å². The number of rotatable bonds is 3. The molecule has 0 radical (unpaired) electrons. The zero-order valence-electron chi connectivity index (χ0n) is 9.70. The molecule has 0 saturated carbocycles. The molecule has 0 amide bonds. The van der Waals surface area contributed by atoms with Gasteiger partial charge in [-0.25, -0.2) is 21.6 Å². The van der Waals surface area contributed by atoms with E-state index in [9.17, 15) is 21.6 Å². The predicted molar refractivity (Wildman–Crippen MR) is 71.3 cm³/mol. The molecule has 8 heteroatoms. The summed E-state index contributed by atoms with van der Waals surface area (Å²) >= 11 is 2.88. The van der Waals surface area contributed by atoms with Crippen molar-refractivity contribution in [2.24, 2.45) is 0 Å². The molecule has 0 spiro atoms. The van der Waals surface area contributed by atoms with E-state index >= 15 is 0 Å². The van der Waals surface area contributed by atoms with E-state index in [0.29, 0.717) is 0 Å². The number of anilines is 1. The molecule has 2 aromatic rings. The summed E-state index contributed by atoms with van der Waals surface area (Å²) in [6.45, 7) is 0. The van der Waals surface area contributed by atoms with Crippen LogP contribution in [0.25, 0.3) is 0 Å². The van der Waals surface area contributed by atoms with E-state index < -0.39 is 38.1 Å². The number of nitrogens with one attached hydrogen (secondary N) is 1. The Bertz CT molecular complexity index is 765. The summed E-state index contributed by atoms with van der Waals surface area (Å²) in [5.74, 6) is -3.30. The Morgan fingerprint density at radius 1 is 1.00 bits per heavy atom. The van der Waals surface area contributed by atoms with Crippen molar-refractivity contribution >= 4 is 31.6 Å². The van der Waals surface area contributed by atoms with Gasteiger partial charge >= 0.3 is 0 Å². The Hall–Kier alpha value is -1.54. The third-order valence-electron chi connectivity index (χ3n) is 2.40. The van der Waals surface area contributed by atoms with Crippen LogP contribution in [0, 0.1) is 17.5 Å². The molecule has 1 N–H and O–H groups in total. The molecule has 106 valence electrons. The molecule has 0 atom stereocenters. The normalized spacial score (nSPS) is 11.4. The standard InChI is InChI=1S/C12H7BrF3NO2S/c13-8-5-4-7(6-10(8)15)20(18,19)17-11-3-1-2-9(14)12(11)16/h1-6,17H. The molecule has 2 aromatic carbocycles. The maximum Gasteiger partial charge on any atom is 0.262 e. The largest absolute Gasteiger partial charge is 0.277 e. The van der Waals surface area contributed by atoms with Crippen molar-refractivity contribution in [2.75, 3.05) is 4.72 Å². The van der Waals surface area contributed by atoms with Gasteiger partial charge in [0.15, 0.2) is 11.6 Å². The van der Waals surface area contributed by atoms with E-state index in [1.807, 2.05) is 4.72 Å². The van der Waals surface area contributed by atoms with Gasteiger partial charge in [-0.2, -0.15) is 0 Å². The average Bonchev–Trinajstić information content (AvgIpc) is 2.38. The SMILES string of the molecule is O=S(=O)(Nc1cccc(F)c1F)c1ccc(Br)c(F)c1. The summed E-state index contributed by atoms with van der Waals surface area (Å²) in [5, 5.41) is 0. The Kier molecular flexibility index (Phi) is 4.05. The minimum absolute atomic E-state index is 0.0911. The summed E-state index contributed by atoms with van der Waals surface area (Å²) < 4.78 is 65.6. The van der Waals surface area contributed by atoms with Crippen LogP contribution in [0.5, 0.6) is 0 Å². The third kappa shape index (κ3) is 2.96. The average molecular weight is 366 g/mol. The van der Waals surface area contributed by atoms with Gasteiger partial charge in [-0.1, -0.05) is 6.07 Å². The van der Waals surface area contributed by atoms with Gasteiger partial charge in [0.05, 0.1) is 15.1 Å². The fourth-order valence-electron chi connectivity index (χ4n) is 1.43. The van der Waals surface area contributed by atoms with Crippen LogP contribution in [0.15, 0.2) is 45.8 Å². The zero-order chi connectivity index (χ0) is 14.9. The molecule has 0 saturated heterocycles. The van der Waals surface area contributed by atoms with E-state index in [1.165, 1.54) is 6.07 Å². The molecule has 0 unspecified atom stereocenters. The first-order valence-electron chi connectivity index (χ1n) is 5.23. The second kappa shape index (κ2) is 5.45. The Morgan fingerprint density at radius 2 is 1.70 bits per heavy atom. The molecular weight excluding hydrogens is 359 g/mol. The van der Waals surface area contributed by atoms with E-state index in [0.717, 1.165) is 30.3 Å². The lowest BCUT2D eigenvalue weighted by molar-refractivity contribution is 0.511. The Labute approximate surface area is 121 Å². The van der Waals surface area contributed by atoms with Crippen LogP contribution in [0.3, 0.4) is 0 Å². The lowest BCUT2D eigenvalue weighted by Gasteiger charge is -2.09. The minimum Gasteiger partial charge on any atom is -0.277 e. The van der Waals surface area contributed by atoms with Gasteiger partial charge in [-0.3, -0.25) is 4.72 Å². The second-order valence-electron chi connectivity index (χ2n) is 3.78. The molecular formula is C12H7BrF3NO2S. The van der Waals surface area contributed by atoms with Gasteiger partial charge in [-0.05, 0) is 46.3 Å². The van der Waals surface area contributed by atoms with Crippen molar-refractivity contribution in [3.63, 3.8) is 0 Å². The van der Waals surface area contributed by atoms with Crippen molar-refractivity contribution in [3.05, 3.63) is 58.3 Å². The lowest BCUT2D eigenvalue weighted by atomic mass is 10.3. The molecule has 0 fully saturated rings. The van der Waals surface area contributed by atoms with Crippen LogP contribution >= 0.6 is 15.9 Å². The molecule has 0 aliphatic rings. The first-order chi connectivity index (χ1) is 9.31. The number of hydrogen-bond acceptors (Lipinski definition) is 2. The fourth-order valence-corrected chi connectivity index (χ4v) is 2.75. The monoisotopic (exact) mass is 365 g/mol. The van der Waals surface area contributed by atoms with Crippen molar-refractivity contribution in [1.82, 2.24) is 0 Å². The van der Waals surface area contributed by atoms with E-state index in [2.05, 4.69) is 15.9 Å². The van der Waals surface area contributed by atoms with Crippen LogP contribution in [0.1, 0.15) is 0 Å². The minimum atomic E-state index is -4.21. The molecule has 20 heavy (non-hydrogen) atoms. The first-order valence-corrected chi connectivity index (χ1v) is 7.51. The van der Waals surface area contributed by atoms with E-state index in [-0.39, 0.29) is 4.47 Å². The van der Waals surface area contributed by atoms with Crippen LogP contribution in [0.4, 0.5) is 18.9 Å². The summed E-state index contributed by atoms with van der Waals surface area (Å²) in [5.41, 5.74) is -0.548. The van der Waals surface area contributed by atoms with Gasteiger partial charge in [0, 0.05) is 0 Å². The zero-order valence-corrected chi connectivity index (χ0v) is 12.1. The van der Waals surface area contributed by atoms with E-state index in [4.69, 9.17) is 0 Å². The lowest BCUT2D eigenvalue weighted by Crippen LogP contribution is -2.14. The smallest absolute Gasteiger partial charge is 0.262 e. The van der Waals surface area contributed by atoms with Gasteiger partial charge in [0.2, 0.25) is 0 Å². The molecule has 0 heterocycles. The van der Waals surface area contributed by atoms with Crippen LogP contribution in [0.2, 0.25) is 0 Å². The highest BCUT2D eigenvalue weighted by atomic mass is 79.9. The van der Waals surface area contributed by atoms with Crippen molar-refractivity contribution < 1.29 is 21.6 Å². The topological polar surface area (TPSA) is 46.2 Å². The highest BCUT2D eigenvalue weighted by Crippen LogP contribution is 2.23. The van der Waals surface area contributed by atoms with Crippen molar-refractivity contribution in [3.8, 4) is 0 Å². The van der Waals surface area contributed by atoms with Gasteiger partial charge < -0.3 is 0 Å². The summed E-state index contributed by atoms with van der Waals surface area (Å²) in [6.07, 6.45) is 0. The quantitative estimate of drug-likeness (QED) is 0.901. The van der Waals surface area contributed by atoms with Crippen LogP contribution in [-0.2, 0) is 10.0 Å². The van der Waals surface area contributed by atoms with Gasteiger partial charge in [-0.15, -0.1) is 0 Å². The fraction of sp³-hybridized carbons (Fsp3) is 0. The number of sulfonamides is 1. The van der Waals surface area contributed by atoms with E-state index in [1.54, 1.807) is 0 Å². The highest BCUT2D eigenvalue weighted by molar-refractivity contribution is 9.10. The summed E-state index contributed by atoms with van der Waals surface area (Å²) in [7, 11) is -4.21. The van der Waals surface area contributed by atoms with Crippen molar-refractivity contribution in [1.29, 1.82) is 0 Å². The first kappa shape index (κ1) is 14.9. The second-order valence-corrected chi connectivity index (χ2v) is 6.32. The summed E-state index contributed by atoms with van der Waals surface area (Å²) in [4.78, 5) is -0.401. The molecule has 0 aromatic heterocycles. The molecule has 0 aliphatic carbocycles. The number of halogens is 4. The summed E-state index contributed by atoms with van der Waals surface area (Å²) in [6, 6.07) is 6.16. The number of benzene rings is 2. The predicted octanol–water partition coefficient (Wildman–Crippen LogP) is 3.67. The highest BCUT2D eigenvalue weighted by Gasteiger charge is 2.19. The van der Waals surface area contributed by atoms with Gasteiger partial charge in [0.1, 0.15) is 5.82 Å². The number of hydrogen-bond donors (Lipinski definition) is 1. The molecule has 0 aliphatic heterocycles. The Morgan fingerprint density at radius 3 is 2.35 bits per heavy atom. The maximum atomic E-state index is 13.4. The third-order valence-corrected chi connectivity index (χ3v) is 4.40. The molecule has 3 nitrogen and oxygen atoms in total.